The van der Waals surface area contributed by atoms with Gasteiger partial charge < -0.3 is 20.1 Å². The minimum Gasteiger partial charge on any atom is -0.494 e. The fourth-order valence-electron chi connectivity index (χ4n) is 2.75. The van der Waals surface area contributed by atoms with Crippen LogP contribution < -0.4 is 10.1 Å². The van der Waals surface area contributed by atoms with Gasteiger partial charge in [0.25, 0.3) is 0 Å². The SMILES string of the molecule is CCCCOc1cccc(NC(=O)N2CCC[C@@H]2CCO)c1. The number of carbonyl (C=O) groups is 1. The van der Waals surface area contributed by atoms with Gasteiger partial charge in [0, 0.05) is 30.9 Å². The molecule has 1 atom stereocenters. The van der Waals surface area contributed by atoms with Gasteiger partial charge in [0.2, 0.25) is 0 Å². The van der Waals surface area contributed by atoms with E-state index in [1.54, 1.807) is 0 Å². The standard InChI is InChI=1S/C17H26N2O3/c1-2-3-12-22-16-8-4-6-14(13-16)18-17(21)19-10-5-7-15(19)9-11-20/h4,6,8,13,15,20H,2-3,5,7,9-12H2,1H3,(H,18,21)/t15-/m1/s1. The number of nitrogens with one attached hydrogen (secondary N) is 1. The Morgan fingerprint density at radius 2 is 2.36 bits per heavy atom. The van der Waals surface area contributed by atoms with Gasteiger partial charge in [-0.3, -0.25) is 0 Å². The molecule has 122 valence electrons. The number of likely N-dealkylation sites (tertiary alicyclic amines) is 1. The lowest BCUT2D eigenvalue weighted by molar-refractivity contribution is 0.189. The van der Waals surface area contributed by atoms with E-state index < -0.39 is 0 Å². The summed E-state index contributed by atoms with van der Waals surface area (Å²) in [6, 6.07) is 7.55. The second kappa shape index (κ2) is 8.63. The third-order valence-electron chi connectivity index (χ3n) is 3.95. The second-order valence-electron chi connectivity index (χ2n) is 5.66. The predicted octanol–water partition coefficient (Wildman–Crippen LogP) is 3.24. The number of nitrogens with zero attached hydrogens (tertiary/aromatic N) is 1. The van der Waals surface area contributed by atoms with E-state index in [1.807, 2.05) is 29.2 Å². The summed E-state index contributed by atoms with van der Waals surface area (Å²) in [6.07, 6.45) is 4.73. The Morgan fingerprint density at radius 1 is 1.50 bits per heavy atom. The summed E-state index contributed by atoms with van der Waals surface area (Å²) in [6.45, 7) is 3.69. The van der Waals surface area contributed by atoms with Crippen molar-refractivity contribution in [1.29, 1.82) is 0 Å². The first-order chi connectivity index (χ1) is 10.7. The van der Waals surface area contributed by atoms with E-state index in [4.69, 9.17) is 9.84 Å². The van der Waals surface area contributed by atoms with Crippen molar-refractivity contribution in [3.8, 4) is 5.75 Å². The van der Waals surface area contributed by atoms with Crippen LogP contribution in [0.25, 0.3) is 0 Å². The Kier molecular flexibility index (Phi) is 6.52. The lowest BCUT2D eigenvalue weighted by Gasteiger charge is -2.24. The van der Waals surface area contributed by atoms with Gasteiger partial charge in [0.15, 0.2) is 0 Å². The first-order valence-electron chi connectivity index (χ1n) is 8.16. The van der Waals surface area contributed by atoms with Crippen LogP contribution in [0.3, 0.4) is 0 Å². The van der Waals surface area contributed by atoms with Crippen LogP contribution in [-0.2, 0) is 0 Å². The van der Waals surface area contributed by atoms with E-state index in [0.717, 1.165) is 43.7 Å². The van der Waals surface area contributed by atoms with Crippen molar-refractivity contribution < 1.29 is 14.6 Å². The highest BCUT2D eigenvalue weighted by atomic mass is 16.5. The molecule has 1 aliphatic rings. The van der Waals surface area contributed by atoms with Gasteiger partial charge in [-0.25, -0.2) is 4.79 Å². The first-order valence-corrected chi connectivity index (χ1v) is 8.16. The Balaban J connectivity index is 1.92. The number of amides is 2. The van der Waals surface area contributed by atoms with Crippen molar-refractivity contribution in [2.24, 2.45) is 0 Å². The number of carbonyl (C=O) groups excluding carboxylic acids is 1. The molecule has 5 heteroatoms. The Hall–Kier alpha value is -1.75. The van der Waals surface area contributed by atoms with Crippen LogP contribution >= 0.6 is 0 Å². The summed E-state index contributed by atoms with van der Waals surface area (Å²) in [5.41, 5.74) is 0.744. The molecule has 22 heavy (non-hydrogen) atoms. The first kappa shape index (κ1) is 16.6. The van der Waals surface area contributed by atoms with Crippen LogP contribution in [-0.4, -0.2) is 41.8 Å². The summed E-state index contributed by atoms with van der Waals surface area (Å²) in [7, 11) is 0. The monoisotopic (exact) mass is 306 g/mol. The zero-order valence-electron chi connectivity index (χ0n) is 13.3. The molecule has 1 aromatic carbocycles. The molecule has 1 aliphatic heterocycles. The van der Waals surface area contributed by atoms with Gasteiger partial charge >= 0.3 is 6.03 Å². The molecule has 0 radical (unpaired) electrons. The number of urea groups is 1. The molecule has 5 nitrogen and oxygen atoms in total. The average molecular weight is 306 g/mol. The molecule has 0 aliphatic carbocycles. The molecule has 2 amide bonds. The summed E-state index contributed by atoms with van der Waals surface area (Å²) in [4.78, 5) is 14.2. The number of aliphatic hydroxyl groups excluding tert-OH is 1. The van der Waals surface area contributed by atoms with Crippen LogP contribution in [0.2, 0.25) is 0 Å². The Morgan fingerprint density at radius 3 is 3.14 bits per heavy atom. The van der Waals surface area contributed by atoms with E-state index in [-0.39, 0.29) is 18.7 Å². The fourth-order valence-corrected chi connectivity index (χ4v) is 2.75. The van der Waals surface area contributed by atoms with Crippen molar-refractivity contribution in [2.75, 3.05) is 25.1 Å². The summed E-state index contributed by atoms with van der Waals surface area (Å²) >= 11 is 0. The third-order valence-corrected chi connectivity index (χ3v) is 3.95. The van der Waals surface area contributed by atoms with E-state index >= 15 is 0 Å². The number of unbranched alkanes of at least 4 members (excludes halogenated alkanes) is 1. The highest BCUT2D eigenvalue weighted by Gasteiger charge is 2.28. The van der Waals surface area contributed by atoms with E-state index in [1.165, 1.54) is 0 Å². The topological polar surface area (TPSA) is 61.8 Å². The molecule has 2 rings (SSSR count). The molecule has 1 saturated heterocycles. The van der Waals surface area contributed by atoms with Gasteiger partial charge in [-0.1, -0.05) is 19.4 Å². The molecule has 0 spiro atoms. The van der Waals surface area contributed by atoms with Crippen LogP contribution in [0.1, 0.15) is 39.0 Å². The van der Waals surface area contributed by atoms with Crippen LogP contribution in [0, 0.1) is 0 Å². The molecular formula is C17H26N2O3. The maximum Gasteiger partial charge on any atom is 0.322 e. The van der Waals surface area contributed by atoms with Gasteiger partial charge in [0.05, 0.1) is 6.61 Å². The summed E-state index contributed by atoms with van der Waals surface area (Å²) in [5.74, 6) is 0.777. The fraction of sp³-hybridized carbons (Fsp3) is 0.588. The zero-order chi connectivity index (χ0) is 15.8. The van der Waals surface area contributed by atoms with Crippen LogP contribution in [0.5, 0.6) is 5.75 Å². The largest absolute Gasteiger partial charge is 0.494 e. The average Bonchev–Trinajstić information content (AvgIpc) is 2.97. The predicted molar refractivity (Wildman–Crippen MR) is 87.3 cm³/mol. The van der Waals surface area contributed by atoms with Crippen molar-refractivity contribution in [2.45, 2.75) is 45.1 Å². The van der Waals surface area contributed by atoms with Gasteiger partial charge in [-0.2, -0.15) is 0 Å². The van der Waals surface area contributed by atoms with Crippen LogP contribution in [0.4, 0.5) is 10.5 Å². The smallest absolute Gasteiger partial charge is 0.322 e. The maximum atomic E-state index is 12.4. The van der Waals surface area contributed by atoms with Crippen molar-refractivity contribution in [3.05, 3.63) is 24.3 Å². The third kappa shape index (κ3) is 4.63. The number of hydrogen-bond donors (Lipinski definition) is 2. The normalized spacial score (nSPS) is 17.5. The number of hydrogen-bond acceptors (Lipinski definition) is 3. The number of benzene rings is 1. The molecular weight excluding hydrogens is 280 g/mol. The molecule has 2 N–H and O–H groups in total. The van der Waals surface area contributed by atoms with Gasteiger partial charge in [0.1, 0.15) is 5.75 Å². The number of anilines is 1. The molecule has 0 unspecified atom stereocenters. The van der Waals surface area contributed by atoms with Gasteiger partial charge in [-0.15, -0.1) is 0 Å². The maximum absolute atomic E-state index is 12.4. The molecule has 1 fully saturated rings. The number of rotatable bonds is 7. The molecule has 0 saturated carbocycles. The second-order valence-corrected chi connectivity index (χ2v) is 5.66. The minimum atomic E-state index is -0.0957. The zero-order valence-corrected chi connectivity index (χ0v) is 13.3. The summed E-state index contributed by atoms with van der Waals surface area (Å²) in [5, 5.41) is 12.0. The summed E-state index contributed by atoms with van der Waals surface area (Å²) < 4.78 is 5.66. The van der Waals surface area contributed by atoms with Crippen molar-refractivity contribution in [3.63, 3.8) is 0 Å². The lowest BCUT2D eigenvalue weighted by Crippen LogP contribution is -2.39. The lowest BCUT2D eigenvalue weighted by atomic mass is 10.1. The highest BCUT2D eigenvalue weighted by Crippen LogP contribution is 2.22. The van der Waals surface area contributed by atoms with Crippen LogP contribution in [0.15, 0.2) is 24.3 Å². The Bertz CT molecular complexity index is 479. The van der Waals surface area contributed by atoms with Crippen molar-refractivity contribution in [1.82, 2.24) is 4.90 Å². The number of ether oxygens (including phenoxy) is 1. The number of aliphatic hydroxyl groups is 1. The quantitative estimate of drug-likeness (QED) is 0.760. The van der Waals surface area contributed by atoms with E-state index in [2.05, 4.69) is 12.2 Å². The molecule has 1 aromatic rings. The Labute approximate surface area is 132 Å². The molecule has 0 bridgehead atoms. The van der Waals surface area contributed by atoms with Crippen molar-refractivity contribution >= 4 is 11.7 Å². The molecule has 1 heterocycles. The van der Waals surface area contributed by atoms with E-state index in [0.29, 0.717) is 13.0 Å². The van der Waals surface area contributed by atoms with Gasteiger partial charge in [-0.05, 0) is 37.8 Å². The molecule has 0 aromatic heterocycles. The minimum absolute atomic E-state index is 0.0957. The van der Waals surface area contributed by atoms with E-state index in [9.17, 15) is 4.79 Å². The highest BCUT2D eigenvalue weighted by molar-refractivity contribution is 5.89.